The summed E-state index contributed by atoms with van der Waals surface area (Å²) in [4.78, 5) is 24.1. The molecule has 4 aromatic rings. The van der Waals surface area contributed by atoms with Gasteiger partial charge in [0, 0.05) is 5.92 Å². The molecule has 1 aliphatic carbocycles. The van der Waals surface area contributed by atoms with Crippen LogP contribution >= 0.6 is 0 Å². The number of hydrogen-bond donors (Lipinski definition) is 0. The maximum absolute atomic E-state index is 12.9. The fourth-order valence-electron chi connectivity index (χ4n) is 5.74. The van der Waals surface area contributed by atoms with Crippen molar-refractivity contribution in [2.75, 3.05) is 26.4 Å². The average molecular weight is 623 g/mol. The Labute approximate surface area is 269 Å². The molecule has 8 heteroatoms. The molecular formula is C38H38O8. The van der Waals surface area contributed by atoms with Gasteiger partial charge in [-0.3, -0.25) is 0 Å². The molecule has 0 bridgehead atoms. The van der Waals surface area contributed by atoms with Crippen LogP contribution in [0.15, 0.2) is 84.9 Å². The lowest BCUT2D eigenvalue weighted by molar-refractivity contribution is -0.217. The molecule has 0 saturated carbocycles. The first-order valence-electron chi connectivity index (χ1n) is 16.1. The summed E-state index contributed by atoms with van der Waals surface area (Å²) in [5.74, 6) is 2.41. The first-order valence-corrected chi connectivity index (χ1v) is 16.1. The topological polar surface area (TPSA) is 88.3 Å². The maximum Gasteiger partial charge on any atom is 0.343 e. The standard InChI is InChI=1S/C38H38O8/c1-25-36-20-30(45-38(39)27-8-12-29(13-9-27)41-19-3-5-33-24-43-33)14-16-34(36)35-17-15-31(21-37(25)35)46-44-22-26-6-10-28(11-7-26)40-18-2-4-32-23-42-32/h6-17,20-21,25,32-33H,2-5,18-19,22-24H2,1H3. The van der Waals surface area contributed by atoms with E-state index < -0.39 is 5.97 Å². The van der Waals surface area contributed by atoms with Crippen LogP contribution in [0.4, 0.5) is 0 Å². The van der Waals surface area contributed by atoms with E-state index in [4.69, 9.17) is 33.5 Å². The van der Waals surface area contributed by atoms with Gasteiger partial charge in [0.25, 0.3) is 0 Å². The number of rotatable bonds is 16. The van der Waals surface area contributed by atoms with Crippen LogP contribution in [0, 0.1) is 0 Å². The summed E-state index contributed by atoms with van der Waals surface area (Å²) in [5, 5.41) is 0. The minimum absolute atomic E-state index is 0.0967. The van der Waals surface area contributed by atoms with Gasteiger partial charge in [-0.15, -0.1) is 0 Å². The molecule has 238 valence electrons. The van der Waals surface area contributed by atoms with E-state index in [0.717, 1.165) is 78.2 Å². The van der Waals surface area contributed by atoms with Gasteiger partial charge in [-0.05, 0) is 114 Å². The summed E-state index contributed by atoms with van der Waals surface area (Å²) >= 11 is 0. The lowest BCUT2D eigenvalue weighted by Crippen LogP contribution is -2.09. The third kappa shape index (κ3) is 7.70. The van der Waals surface area contributed by atoms with Gasteiger partial charge in [0.05, 0.1) is 44.2 Å². The van der Waals surface area contributed by atoms with Gasteiger partial charge >= 0.3 is 5.97 Å². The number of benzene rings is 4. The SMILES string of the molecule is CC1c2cc(OOCc3ccc(OCCCC4CO4)cc3)ccc2-c2ccc(OC(=O)c3ccc(OCCCC4CO4)cc3)cc21. The van der Waals surface area contributed by atoms with Gasteiger partial charge in [-0.25, -0.2) is 4.79 Å². The molecule has 2 fully saturated rings. The van der Waals surface area contributed by atoms with Crippen molar-refractivity contribution in [1.29, 1.82) is 0 Å². The molecule has 3 unspecified atom stereocenters. The minimum atomic E-state index is -0.407. The summed E-state index contributed by atoms with van der Waals surface area (Å²) in [7, 11) is 0. The second kappa shape index (κ2) is 14.0. The van der Waals surface area contributed by atoms with Gasteiger partial charge in [-0.1, -0.05) is 31.2 Å². The van der Waals surface area contributed by atoms with E-state index in [1.807, 2.05) is 60.7 Å². The molecule has 0 N–H and O–H groups in total. The monoisotopic (exact) mass is 622 g/mol. The first kappa shape index (κ1) is 30.3. The normalized spacial score (nSPS) is 18.8. The Morgan fingerprint density at radius 3 is 1.80 bits per heavy atom. The number of ether oxygens (including phenoxy) is 5. The van der Waals surface area contributed by atoms with Crippen molar-refractivity contribution in [3.05, 3.63) is 107 Å². The lowest BCUT2D eigenvalue weighted by atomic mass is 9.99. The van der Waals surface area contributed by atoms with Crippen LogP contribution in [-0.2, 0) is 21.0 Å². The molecule has 0 aromatic heterocycles. The Morgan fingerprint density at radius 2 is 1.22 bits per heavy atom. The van der Waals surface area contributed by atoms with Crippen molar-refractivity contribution in [2.24, 2.45) is 0 Å². The van der Waals surface area contributed by atoms with Gasteiger partial charge < -0.3 is 28.6 Å². The largest absolute Gasteiger partial charge is 0.494 e. The molecule has 0 amide bonds. The molecule has 2 aliphatic heterocycles. The Hall–Kier alpha value is -4.37. The minimum Gasteiger partial charge on any atom is -0.494 e. The van der Waals surface area contributed by atoms with Gasteiger partial charge in [0.2, 0.25) is 0 Å². The molecule has 7 rings (SSSR count). The molecule has 4 aromatic carbocycles. The predicted octanol–water partition coefficient (Wildman–Crippen LogP) is 7.66. The lowest BCUT2D eigenvalue weighted by Gasteiger charge is -2.11. The summed E-state index contributed by atoms with van der Waals surface area (Å²) in [6.07, 6.45) is 4.86. The summed E-state index contributed by atoms with van der Waals surface area (Å²) < 4.78 is 27.8. The number of hydrogen-bond acceptors (Lipinski definition) is 8. The van der Waals surface area contributed by atoms with Gasteiger partial charge in [0.15, 0.2) is 5.75 Å². The molecule has 46 heavy (non-hydrogen) atoms. The van der Waals surface area contributed by atoms with Crippen LogP contribution < -0.4 is 19.1 Å². The number of epoxide rings is 2. The Bertz CT molecular complexity index is 1640. The van der Waals surface area contributed by atoms with Crippen LogP contribution in [-0.4, -0.2) is 44.6 Å². The quantitative estimate of drug-likeness (QED) is 0.0314. The van der Waals surface area contributed by atoms with E-state index >= 15 is 0 Å². The van der Waals surface area contributed by atoms with Crippen LogP contribution in [0.25, 0.3) is 11.1 Å². The smallest absolute Gasteiger partial charge is 0.343 e. The number of carbonyl (C=O) groups is 1. The number of esters is 1. The Morgan fingerprint density at radius 1 is 0.696 bits per heavy atom. The highest BCUT2D eigenvalue weighted by Gasteiger charge is 2.27. The highest BCUT2D eigenvalue weighted by molar-refractivity contribution is 5.91. The molecular weight excluding hydrogens is 584 g/mol. The van der Waals surface area contributed by atoms with E-state index in [9.17, 15) is 4.79 Å². The maximum atomic E-state index is 12.9. The highest BCUT2D eigenvalue weighted by atomic mass is 17.2. The fourth-order valence-corrected chi connectivity index (χ4v) is 5.74. The van der Waals surface area contributed by atoms with Crippen molar-refractivity contribution in [1.82, 2.24) is 0 Å². The second-order valence-electron chi connectivity index (χ2n) is 12.0. The molecule has 2 heterocycles. The molecule has 3 aliphatic rings. The Balaban J connectivity index is 0.893. The molecule has 3 atom stereocenters. The third-order valence-electron chi connectivity index (χ3n) is 8.56. The van der Waals surface area contributed by atoms with Gasteiger partial charge in [0.1, 0.15) is 23.9 Å². The fraction of sp³-hybridized carbons (Fsp3) is 0.342. The average Bonchev–Trinajstić information content (AvgIpc) is 4.03. The van der Waals surface area contributed by atoms with Crippen molar-refractivity contribution >= 4 is 5.97 Å². The van der Waals surface area contributed by atoms with E-state index in [0.29, 0.717) is 49.1 Å². The number of carbonyl (C=O) groups excluding carboxylic acids is 1. The zero-order chi connectivity index (χ0) is 31.3. The van der Waals surface area contributed by atoms with E-state index in [2.05, 4.69) is 6.92 Å². The zero-order valence-electron chi connectivity index (χ0n) is 25.9. The van der Waals surface area contributed by atoms with Crippen LogP contribution in [0.3, 0.4) is 0 Å². The Kier molecular flexibility index (Phi) is 9.19. The molecule has 2 saturated heterocycles. The first-order chi connectivity index (χ1) is 22.6. The molecule has 8 nitrogen and oxygen atoms in total. The summed E-state index contributed by atoms with van der Waals surface area (Å²) in [5.41, 5.74) is 5.94. The number of fused-ring (bicyclic) bond motifs is 3. The van der Waals surface area contributed by atoms with Crippen LogP contribution in [0.5, 0.6) is 23.0 Å². The zero-order valence-corrected chi connectivity index (χ0v) is 25.9. The summed E-state index contributed by atoms with van der Waals surface area (Å²) in [6.45, 7) is 5.52. The van der Waals surface area contributed by atoms with E-state index in [1.54, 1.807) is 24.3 Å². The van der Waals surface area contributed by atoms with Crippen LogP contribution in [0.1, 0.15) is 65.6 Å². The van der Waals surface area contributed by atoms with Crippen LogP contribution in [0.2, 0.25) is 0 Å². The molecule has 0 radical (unpaired) electrons. The van der Waals surface area contributed by atoms with Crippen molar-refractivity contribution in [3.8, 4) is 34.1 Å². The van der Waals surface area contributed by atoms with Crippen molar-refractivity contribution in [2.45, 2.75) is 57.3 Å². The summed E-state index contributed by atoms with van der Waals surface area (Å²) in [6, 6.07) is 26.7. The molecule has 0 spiro atoms. The second-order valence-corrected chi connectivity index (χ2v) is 12.0. The van der Waals surface area contributed by atoms with E-state index in [-0.39, 0.29) is 5.92 Å². The van der Waals surface area contributed by atoms with E-state index in [1.165, 1.54) is 0 Å². The predicted molar refractivity (Wildman–Crippen MR) is 172 cm³/mol. The van der Waals surface area contributed by atoms with Crippen molar-refractivity contribution < 1.29 is 38.3 Å². The highest BCUT2D eigenvalue weighted by Crippen LogP contribution is 2.47. The van der Waals surface area contributed by atoms with Gasteiger partial charge in [-0.2, -0.15) is 4.89 Å². The van der Waals surface area contributed by atoms with Crippen molar-refractivity contribution in [3.63, 3.8) is 0 Å². The third-order valence-corrected chi connectivity index (χ3v) is 8.56.